The molecule has 106 valence electrons. The van der Waals surface area contributed by atoms with Crippen molar-refractivity contribution >= 4 is 17.7 Å². The van der Waals surface area contributed by atoms with Crippen LogP contribution in [-0.2, 0) is 4.74 Å². The van der Waals surface area contributed by atoms with Gasteiger partial charge in [-0.25, -0.2) is 4.79 Å². The molecule has 0 heterocycles. The molecule has 3 nitrogen and oxygen atoms in total. The number of nitrogens with one attached hydrogen (secondary N) is 1. The molecule has 0 unspecified atom stereocenters. The van der Waals surface area contributed by atoms with Crippen molar-refractivity contribution in [2.75, 3.05) is 18.9 Å². The summed E-state index contributed by atoms with van der Waals surface area (Å²) < 4.78 is 4.95. The van der Waals surface area contributed by atoms with E-state index in [0.29, 0.717) is 12.2 Å². The predicted octanol–water partition coefficient (Wildman–Crippen LogP) is 3.34. The van der Waals surface area contributed by atoms with E-state index in [1.165, 1.54) is 4.90 Å². The number of thioether (sulfide) groups is 1. The predicted molar refractivity (Wildman–Crippen MR) is 80.9 cm³/mol. The Kier molecular flexibility index (Phi) is 6.38. The minimum absolute atomic E-state index is 0.161. The van der Waals surface area contributed by atoms with E-state index in [2.05, 4.69) is 26.1 Å². The van der Waals surface area contributed by atoms with Gasteiger partial charge >= 0.3 is 5.97 Å². The lowest BCUT2D eigenvalue weighted by Gasteiger charge is -2.20. The summed E-state index contributed by atoms with van der Waals surface area (Å²) in [7, 11) is 0. The van der Waals surface area contributed by atoms with Gasteiger partial charge in [0.1, 0.15) is 0 Å². The number of hydrogen-bond donors (Lipinski definition) is 1. The maximum atomic E-state index is 11.5. The summed E-state index contributed by atoms with van der Waals surface area (Å²) in [6.07, 6.45) is 0. The Bertz CT molecular complexity index is 396. The third-order valence-electron chi connectivity index (χ3n) is 2.39. The zero-order chi connectivity index (χ0) is 14.3. The zero-order valence-electron chi connectivity index (χ0n) is 12.2. The van der Waals surface area contributed by atoms with Crippen molar-refractivity contribution in [2.45, 2.75) is 38.1 Å². The SMILES string of the molecule is CCOC(=O)c1ccc(SCCNC(C)(C)C)cc1. The average molecular weight is 281 g/mol. The lowest BCUT2D eigenvalue weighted by Crippen LogP contribution is -2.37. The molecule has 0 aromatic heterocycles. The number of ether oxygens (including phenoxy) is 1. The molecular weight excluding hydrogens is 258 g/mol. The van der Waals surface area contributed by atoms with Crippen LogP contribution in [0.4, 0.5) is 0 Å². The molecule has 0 saturated carbocycles. The van der Waals surface area contributed by atoms with E-state index in [0.717, 1.165) is 12.3 Å². The number of esters is 1. The summed E-state index contributed by atoms with van der Waals surface area (Å²) in [4.78, 5) is 12.7. The van der Waals surface area contributed by atoms with Gasteiger partial charge < -0.3 is 10.1 Å². The average Bonchev–Trinajstić information content (AvgIpc) is 2.34. The first-order valence-electron chi connectivity index (χ1n) is 6.57. The summed E-state index contributed by atoms with van der Waals surface area (Å²) in [6, 6.07) is 7.57. The fourth-order valence-electron chi connectivity index (χ4n) is 1.50. The van der Waals surface area contributed by atoms with Gasteiger partial charge in [-0.1, -0.05) is 0 Å². The lowest BCUT2D eigenvalue weighted by atomic mass is 10.1. The van der Waals surface area contributed by atoms with Crippen molar-refractivity contribution in [1.29, 1.82) is 0 Å². The molecular formula is C15H23NO2S. The van der Waals surface area contributed by atoms with Crippen LogP contribution in [0.1, 0.15) is 38.1 Å². The number of benzene rings is 1. The van der Waals surface area contributed by atoms with E-state index >= 15 is 0 Å². The highest BCUT2D eigenvalue weighted by molar-refractivity contribution is 7.99. The first-order chi connectivity index (χ1) is 8.92. The molecule has 0 bridgehead atoms. The first kappa shape index (κ1) is 16.1. The highest BCUT2D eigenvalue weighted by atomic mass is 32.2. The largest absolute Gasteiger partial charge is 0.462 e. The Morgan fingerprint density at radius 1 is 1.26 bits per heavy atom. The molecule has 19 heavy (non-hydrogen) atoms. The molecule has 0 radical (unpaired) electrons. The number of carbonyl (C=O) groups excluding carboxylic acids is 1. The summed E-state index contributed by atoms with van der Waals surface area (Å²) >= 11 is 1.78. The smallest absolute Gasteiger partial charge is 0.338 e. The molecule has 1 aromatic rings. The molecule has 1 aromatic carbocycles. The zero-order valence-corrected chi connectivity index (χ0v) is 13.0. The van der Waals surface area contributed by atoms with Crippen LogP contribution < -0.4 is 5.32 Å². The van der Waals surface area contributed by atoms with E-state index in [1.807, 2.05) is 31.2 Å². The second kappa shape index (κ2) is 7.56. The van der Waals surface area contributed by atoms with Gasteiger partial charge in [-0.15, -0.1) is 11.8 Å². The molecule has 0 atom stereocenters. The Morgan fingerprint density at radius 3 is 2.42 bits per heavy atom. The van der Waals surface area contributed by atoms with Crippen LogP contribution in [-0.4, -0.2) is 30.4 Å². The molecule has 0 saturated heterocycles. The summed E-state index contributed by atoms with van der Waals surface area (Å²) in [5.74, 6) is 0.754. The van der Waals surface area contributed by atoms with Crippen LogP contribution in [0, 0.1) is 0 Å². The Hall–Kier alpha value is -1.00. The van der Waals surface area contributed by atoms with Crippen LogP contribution in [0.5, 0.6) is 0 Å². The maximum Gasteiger partial charge on any atom is 0.338 e. The Labute approximate surface area is 120 Å². The van der Waals surface area contributed by atoms with Crippen molar-refractivity contribution in [2.24, 2.45) is 0 Å². The van der Waals surface area contributed by atoms with Crippen LogP contribution in [0.2, 0.25) is 0 Å². The van der Waals surface area contributed by atoms with Gasteiger partial charge in [-0.2, -0.15) is 0 Å². The van der Waals surface area contributed by atoms with Gasteiger partial charge in [-0.05, 0) is 52.0 Å². The molecule has 0 aliphatic rings. The molecule has 1 N–H and O–H groups in total. The third kappa shape index (κ3) is 6.64. The lowest BCUT2D eigenvalue weighted by molar-refractivity contribution is 0.0526. The normalized spacial score (nSPS) is 11.4. The van der Waals surface area contributed by atoms with E-state index in [9.17, 15) is 4.79 Å². The van der Waals surface area contributed by atoms with Gasteiger partial charge in [0.25, 0.3) is 0 Å². The molecule has 4 heteroatoms. The van der Waals surface area contributed by atoms with Crippen molar-refractivity contribution in [3.05, 3.63) is 29.8 Å². The second-order valence-electron chi connectivity index (χ2n) is 5.27. The van der Waals surface area contributed by atoms with Crippen LogP contribution >= 0.6 is 11.8 Å². The highest BCUT2D eigenvalue weighted by Crippen LogP contribution is 2.18. The Balaban J connectivity index is 2.38. The fraction of sp³-hybridized carbons (Fsp3) is 0.533. The summed E-state index contributed by atoms with van der Waals surface area (Å²) in [6.45, 7) is 9.66. The van der Waals surface area contributed by atoms with Crippen molar-refractivity contribution in [3.8, 4) is 0 Å². The first-order valence-corrected chi connectivity index (χ1v) is 7.56. The van der Waals surface area contributed by atoms with Gasteiger partial charge in [-0.3, -0.25) is 0 Å². The molecule has 0 aliphatic heterocycles. The minimum atomic E-state index is -0.256. The maximum absolute atomic E-state index is 11.5. The fourth-order valence-corrected chi connectivity index (χ4v) is 2.26. The number of carbonyl (C=O) groups is 1. The summed E-state index contributed by atoms with van der Waals surface area (Å²) in [5, 5.41) is 3.44. The number of rotatable bonds is 6. The minimum Gasteiger partial charge on any atom is -0.462 e. The van der Waals surface area contributed by atoms with Gasteiger partial charge in [0.2, 0.25) is 0 Å². The van der Waals surface area contributed by atoms with Crippen LogP contribution in [0.25, 0.3) is 0 Å². The Morgan fingerprint density at radius 2 is 1.89 bits per heavy atom. The van der Waals surface area contributed by atoms with Gasteiger partial charge in [0.15, 0.2) is 0 Å². The molecule has 0 spiro atoms. The third-order valence-corrected chi connectivity index (χ3v) is 3.41. The van der Waals surface area contributed by atoms with Crippen molar-refractivity contribution in [1.82, 2.24) is 5.32 Å². The molecule has 0 aliphatic carbocycles. The van der Waals surface area contributed by atoms with Crippen molar-refractivity contribution < 1.29 is 9.53 Å². The van der Waals surface area contributed by atoms with Gasteiger partial charge in [0.05, 0.1) is 12.2 Å². The van der Waals surface area contributed by atoms with Crippen molar-refractivity contribution in [3.63, 3.8) is 0 Å². The highest BCUT2D eigenvalue weighted by Gasteiger charge is 2.08. The standard InChI is InChI=1S/C15H23NO2S/c1-5-18-14(17)12-6-8-13(9-7-12)19-11-10-16-15(2,3)4/h6-9,16H,5,10-11H2,1-4H3. The second-order valence-corrected chi connectivity index (χ2v) is 6.44. The molecule has 0 fully saturated rings. The monoisotopic (exact) mass is 281 g/mol. The van der Waals surface area contributed by atoms with E-state index in [4.69, 9.17) is 4.74 Å². The van der Waals surface area contributed by atoms with Crippen LogP contribution in [0.15, 0.2) is 29.2 Å². The van der Waals surface area contributed by atoms with E-state index < -0.39 is 0 Å². The topological polar surface area (TPSA) is 38.3 Å². The number of hydrogen-bond acceptors (Lipinski definition) is 4. The quantitative estimate of drug-likeness (QED) is 0.493. The molecule has 0 amide bonds. The summed E-state index contributed by atoms with van der Waals surface area (Å²) in [5.41, 5.74) is 0.771. The van der Waals surface area contributed by atoms with Crippen LogP contribution in [0.3, 0.4) is 0 Å². The van der Waals surface area contributed by atoms with Gasteiger partial charge in [0, 0.05) is 22.7 Å². The van der Waals surface area contributed by atoms with E-state index in [-0.39, 0.29) is 11.5 Å². The van der Waals surface area contributed by atoms with E-state index in [1.54, 1.807) is 11.8 Å². The molecule has 1 rings (SSSR count).